The molecule has 0 saturated carbocycles. The van der Waals surface area contributed by atoms with Crippen LogP contribution in [0.25, 0.3) is 10.9 Å². The van der Waals surface area contributed by atoms with E-state index in [-0.39, 0.29) is 12.5 Å². The number of carbonyl (C=O) groups is 2. The summed E-state index contributed by atoms with van der Waals surface area (Å²) in [6, 6.07) is 7.07. The van der Waals surface area contributed by atoms with E-state index in [1.54, 1.807) is 25.1 Å². The van der Waals surface area contributed by atoms with Crippen LogP contribution in [0.4, 0.5) is 5.69 Å². The molecule has 2 aromatic rings. The lowest BCUT2D eigenvalue weighted by Crippen LogP contribution is -2.38. The fraction of sp³-hybridized carbons (Fsp3) is 0.231. The van der Waals surface area contributed by atoms with Crippen molar-refractivity contribution < 1.29 is 9.59 Å². The van der Waals surface area contributed by atoms with Crippen LogP contribution in [0.3, 0.4) is 0 Å². The lowest BCUT2D eigenvalue weighted by molar-refractivity contribution is -0.118. The second-order valence-corrected chi connectivity index (χ2v) is 4.32. The Hall–Kier alpha value is -2.50. The largest absolute Gasteiger partial charge is 0.399 e. The molecule has 2 rings (SSSR count). The van der Waals surface area contributed by atoms with Gasteiger partial charge in [0.15, 0.2) is 0 Å². The van der Waals surface area contributed by atoms with Crippen LogP contribution < -0.4 is 11.5 Å². The highest BCUT2D eigenvalue weighted by atomic mass is 16.2. The van der Waals surface area contributed by atoms with Gasteiger partial charge in [0.25, 0.3) is 5.91 Å². The molecule has 0 aliphatic carbocycles. The third-order valence-electron chi connectivity index (χ3n) is 2.89. The number of rotatable bonds is 4. The average Bonchev–Trinajstić information content (AvgIpc) is 2.77. The highest BCUT2D eigenvalue weighted by Crippen LogP contribution is 2.19. The molecule has 0 saturated heterocycles. The van der Waals surface area contributed by atoms with E-state index in [9.17, 15) is 9.59 Å². The third kappa shape index (κ3) is 2.67. The molecule has 6 heteroatoms. The predicted octanol–water partition coefficient (Wildman–Crippen LogP) is 0.697. The second-order valence-electron chi connectivity index (χ2n) is 4.32. The van der Waals surface area contributed by atoms with Crippen molar-refractivity contribution in [2.24, 2.45) is 5.73 Å². The number of hydrogen-bond donors (Lipinski definition) is 3. The molecule has 0 bridgehead atoms. The minimum absolute atomic E-state index is 0.0904. The van der Waals surface area contributed by atoms with Gasteiger partial charge in [-0.15, -0.1) is 0 Å². The maximum absolute atomic E-state index is 12.2. The Labute approximate surface area is 110 Å². The molecular formula is C13H16N4O2. The number of carbonyl (C=O) groups excluding carboxylic acids is 2. The van der Waals surface area contributed by atoms with Crippen LogP contribution in [0.15, 0.2) is 24.3 Å². The average molecular weight is 260 g/mol. The number of nitrogens with one attached hydrogen (secondary N) is 1. The van der Waals surface area contributed by atoms with Crippen molar-refractivity contribution in [3.8, 4) is 0 Å². The van der Waals surface area contributed by atoms with Crippen molar-refractivity contribution >= 4 is 28.4 Å². The van der Waals surface area contributed by atoms with Crippen LogP contribution in [0.1, 0.15) is 17.4 Å². The number of aromatic amines is 1. The van der Waals surface area contributed by atoms with Crippen LogP contribution in [0.5, 0.6) is 0 Å². The summed E-state index contributed by atoms with van der Waals surface area (Å²) in [6.45, 7) is 2.12. The third-order valence-corrected chi connectivity index (χ3v) is 2.89. The van der Waals surface area contributed by atoms with Gasteiger partial charge >= 0.3 is 0 Å². The van der Waals surface area contributed by atoms with Crippen LogP contribution in [-0.4, -0.2) is 34.8 Å². The summed E-state index contributed by atoms with van der Waals surface area (Å²) in [5, 5.41) is 0.860. The topological polar surface area (TPSA) is 105 Å². The number of nitrogens with two attached hydrogens (primary N) is 2. The van der Waals surface area contributed by atoms with E-state index in [2.05, 4.69) is 4.98 Å². The summed E-state index contributed by atoms with van der Waals surface area (Å²) in [4.78, 5) is 27.5. The molecule has 0 unspecified atom stereocenters. The van der Waals surface area contributed by atoms with Gasteiger partial charge in [-0.2, -0.15) is 0 Å². The van der Waals surface area contributed by atoms with Crippen molar-refractivity contribution in [2.45, 2.75) is 6.92 Å². The standard InChI is InChI=1S/C13H16N4O2/c1-2-17(7-12(15)18)13(19)11-6-8-5-9(14)3-4-10(8)16-11/h3-6,16H,2,7,14H2,1H3,(H2,15,18). The zero-order chi connectivity index (χ0) is 14.0. The minimum Gasteiger partial charge on any atom is -0.399 e. The molecule has 0 aliphatic rings. The van der Waals surface area contributed by atoms with Gasteiger partial charge in [-0.1, -0.05) is 0 Å². The highest BCUT2D eigenvalue weighted by Gasteiger charge is 2.17. The number of nitrogens with zero attached hydrogens (tertiary/aromatic N) is 1. The van der Waals surface area contributed by atoms with Gasteiger partial charge < -0.3 is 21.4 Å². The normalized spacial score (nSPS) is 10.6. The number of anilines is 1. The Bertz CT molecular complexity index is 633. The van der Waals surface area contributed by atoms with Crippen LogP contribution >= 0.6 is 0 Å². The summed E-state index contributed by atoms with van der Waals surface area (Å²) in [5.74, 6) is -0.786. The molecule has 1 aromatic heterocycles. The molecular weight excluding hydrogens is 244 g/mol. The van der Waals surface area contributed by atoms with Crippen LogP contribution in [0.2, 0.25) is 0 Å². The molecule has 2 amide bonds. The van der Waals surface area contributed by atoms with Gasteiger partial charge in [-0.25, -0.2) is 0 Å². The zero-order valence-electron chi connectivity index (χ0n) is 10.6. The number of H-pyrrole nitrogens is 1. The molecule has 0 atom stereocenters. The monoisotopic (exact) mass is 260 g/mol. The van der Waals surface area contributed by atoms with E-state index in [0.717, 1.165) is 10.9 Å². The minimum atomic E-state index is -0.532. The molecule has 1 heterocycles. The number of benzene rings is 1. The van der Waals surface area contributed by atoms with Gasteiger partial charge in [-0.3, -0.25) is 9.59 Å². The van der Waals surface area contributed by atoms with Crippen LogP contribution in [0, 0.1) is 0 Å². The number of nitrogen functional groups attached to an aromatic ring is 1. The van der Waals surface area contributed by atoms with Crippen molar-refractivity contribution in [1.82, 2.24) is 9.88 Å². The molecule has 19 heavy (non-hydrogen) atoms. The van der Waals surface area contributed by atoms with Gasteiger partial charge in [0, 0.05) is 23.1 Å². The predicted molar refractivity (Wildman–Crippen MR) is 73.5 cm³/mol. The first-order valence-corrected chi connectivity index (χ1v) is 5.97. The molecule has 6 nitrogen and oxygen atoms in total. The molecule has 100 valence electrons. The number of fused-ring (bicyclic) bond motifs is 1. The first-order chi connectivity index (χ1) is 9.01. The number of primary amides is 1. The van der Waals surface area contributed by atoms with Gasteiger partial charge in [-0.05, 0) is 31.2 Å². The summed E-state index contributed by atoms with van der Waals surface area (Å²) in [5.41, 5.74) is 12.7. The summed E-state index contributed by atoms with van der Waals surface area (Å²) >= 11 is 0. The fourth-order valence-electron chi connectivity index (χ4n) is 1.95. The van der Waals surface area contributed by atoms with Crippen molar-refractivity contribution in [3.05, 3.63) is 30.0 Å². The van der Waals surface area contributed by atoms with E-state index < -0.39 is 5.91 Å². The number of aromatic nitrogens is 1. The van der Waals surface area contributed by atoms with Crippen molar-refractivity contribution in [2.75, 3.05) is 18.8 Å². The van der Waals surface area contributed by atoms with Gasteiger partial charge in [0.05, 0.1) is 6.54 Å². The second kappa shape index (κ2) is 5.01. The van der Waals surface area contributed by atoms with Crippen LogP contribution in [-0.2, 0) is 4.79 Å². The molecule has 0 radical (unpaired) electrons. The maximum Gasteiger partial charge on any atom is 0.270 e. The summed E-state index contributed by atoms with van der Waals surface area (Å²) < 4.78 is 0. The van der Waals surface area contributed by atoms with E-state index in [1.807, 2.05) is 6.07 Å². The van der Waals surface area contributed by atoms with E-state index in [1.165, 1.54) is 4.90 Å². The van der Waals surface area contributed by atoms with Crippen molar-refractivity contribution in [1.29, 1.82) is 0 Å². The van der Waals surface area contributed by atoms with Gasteiger partial charge in [0.1, 0.15) is 5.69 Å². The zero-order valence-corrected chi connectivity index (χ0v) is 10.6. The van der Waals surface area contributed by atoms with E-state index in [4.69, 9.17) is 11.5 Å². The van der Waals surface area contributed by atoms with E-state index >= 15 is 0 Å². The Kier molecular flexibility index (Phi) is 3.41. The summed E-state index contributed by atoms with van der Waals surface area (Å²) in [6.07, 6.45) is 0. The number of hydrogen-bond acceptors (Lipinski definition) is 3. The van der Waals surface area contributed by atoms with Gasteiger partial charge in [0.2, 0.25) is 5.91 Å². The number of amides is 2. The molecule has 0 fully saturated rings. The number of likely N-dealkylation sites (N-methyl/N-ethyl adjacent to an activating group) is 1. The Morgan fingerprint density at radius 2 is 2.05 bits per heavy atom. The quantitative estimate of drug-likeness (QED) is 0.704. The first-order valence-electron chi connectivity index (χ1n) is 5.97. The molecule has 5 N–H and O–H groups in total. The smallest absolute Gasteiger partial charge is 0.270 e. The first kappa shape index (κ1) is 12.9. The fourth-order valence-corrected chi connectivity index (χ4v) is 1.95. The molecule has 0 aliphatic heterocycles. The lowest BCUT2D eigenvalue weighted by atomic mass is 10.2. The molecule has 0 spiro atoms. The van der Waals surface area contributed by atoms with Crippen molar-refractivity contribution in [3.63, 3.8) is 0 Å². The van der Waals surface area contributed by atoms with E-state index in [0.29, 0.717) is 17.9 Å². The maximum atomic E-state index is 12.2. The summed E-state index contributed by atoms with van der Waals surface area (Å²) in [7, 11) is 0. The Balaban J connectivity index is 2.32. The SMILES string of the molecule is CCN(CC(N)=O)C(=O)c1cc2cc(N)ccc2[nH]1. The molecule has 1 aromatic carbocycles. The Morgan fingerprint density at radius 3 is 2.68 bits per heavy atom. The highest BCUT2D eigenvalue weighted by molar-refractivity contribution is 5.99. The Morgan fingerprint density at radius 1 is 1.32 bits per heavy atom. The lowest BCUT2D eigenvalue weighted by Gasteiger charge is -2.17.